The normalized spacial score (nSPS) is 12.7. The van der Waals surface area contributed by atoms with Crippen molar-refractivity contribution < 1.29 is 4.74 Å². The zero-order chi connectivity index (χ0) is 15.8. The van der Waals surface area contributed by atoms with Crippen LogP contribution in [0.1, 0.15) is 39.7 Å². The van der Waals surface area contributed by atoms with Crippen LogP contribution in [0.25, 0.3) is 0 Å². The lowest BCUT2D eigenvalue weighted by molar-refractivity contribution is 0.203. The molecule has 1 unspecified atom stereocenters. The van der Waals surface area contributed by atoms with Crippen LogP contribution in [0.3, 0.4) is 0 Å². The van der Waals surface area contributed by atoms with E-state index in [9.17, 15) is 0 Å². The van der Waals surface area contributed by atoms with Crippen molar-refractivity contribution in [1.82, 2.24) is 5.32 Å². The molecule has 1 atom stereocenters. The van der Waals surface area contributed by atoms with E-state index in [1.807, 2.05) is 0 Å². The Labute approximate surface area is 138 Å². The Morgan fingerprint density at radius 3 is 2.52 bits per heavy atom. The van der Waals surface area contributed by atoms with Gasteiger partial charge in [-0.25, -0.2) is 0 Å². The summed E-state index contributed by atoms with van der Waals surface area (Å²) in [6.45, 7) is 11.4. The van der Waals surface area contributed by atoms with Crippen LogP contribution in [-0.4, -0.2) is 32.3 Å². The molecule has 0 saturated carbocycles. The second kappa shape index (κ2) is 9.44. The highest BCUT2D eigenvalue weighted by Gasteiger charge is 2.15. The van der Waals surface area contributed by atoms with Gasteiger partial charge in [-0.05, 0) is 47.0 Å². The molecule has 0 aliphatic carbocycles. The minimum absolute atomic E-state index is 0.496. The molecule has 0 radical (unpaired) electrons. The Bertz CT molecular complexity index is 423. The minimum Gasteiger partial charge on any atom is -0.383 e. The van der Waals surface area contributed by atoms with Crippen LogP contribution >= 0.6 is 15.9 Å². The van der Waals surface area contributed by atoms with E-state index in [4.69, 9.17) is 4.74 Å². The molecular weight excluding hydrogens is 328 g/mol. The summed E-state index contributed by atoms with van der Waals surface area (Å²) in [5, 5.41) is 3.45. The SMILES string of the molecule is CCC(C)N(CCOC)c1ccc(CNC(C)C)cc1Br. The summed E-state index contributed by atoms with van der Waals surface area (Å²) in [6.07, 6.45) is 1.12. The first kappa shape index (κ1) is 18.5. The number of halogens is 1. The Balaban J connectivity index is 2.88. The van der Waals surface area contributed by atoms with Crippen LogP contribution in [0.5, 0.6) is 0 Å². The minimum atomic E-state index is 0.496. The predicted octanol–water partition coefficient (Wildman–Crippen LogP) is 4.20. The van der Waals surface area contributed by atoms with Crippen LogP contribution in [-0.2, 0) is 11.3 Å². The molecule has 0 aromatic heterocycles. The smallest absolute Gasteiger partial charge is 0.0637 e. The van der Waals surface area contributed by atoms with Gasteiger partial charge in [-0.3, -0.25) is 0 Å². The average molecular weight is 357 g/mol. The summed E-state index contributed by atoms with van der Waals surface area (Å²) in [5.74, 6) is 0. The molecule has 3 nitrogen and oxygen atoms in total. The topological polar surface area (TPSA) is 24.5 Å². The van der Waals surface area contributed by atoms with Crippen molar-refractivity contribution in [3.05, 3.63) is 28.2 Å². The lowest BCUT2D eigenvalue weighted by Gasteiger charge is -2.31. The second-order valence-corrected chi connectivity index (χ2v) is 6.62. The Hall–Kier alpha value is -0.580. The summed E-state index contributed by atoms with van der Waals surface area (Å²) in [5.41, 5.74) is 2.55. The highest BCUT2D eigenvalue weighted by molar-refractivity contribution is 9.10. The Morgan fingerprint density at radius 2 is 2.00 bits per heavy atom. The second-order valence-electron chi connectivity index (χ2n) is 5.76. The molecular formula is C17H29BrN2O. The van der Waals surface area contributed by atoms with E-state index in [-0.39, 0.29) is 0 Å². The average Bonchev–Trinajstić information content (AvgIpc) is 2.46. The van der Waals surface area contributed by atoms with Crippen LogP contribution in [0.4, 0.5) is 5.69 Å². The van der Waals surface area contributed by atoms with Crippen LogP contribution < -0.4 is 10.2 Å². The number of benzene rings is 1. The van der Waals surface area contributed by atoms with E-state index in [1.54, 1.807) is 7.11 Å². The van der Waals surface area contributed by atoms with Gasteiger partial charge in [-0.15, -0.1) is 0 Å². The maximum atomic E-state index is 5.25. The molecule has 21 heavy (non-hydrogen) atoms. The van der Waals surface area contributed by atoms with Gasteiger partial charge in [0.15, 0.2) is 0 Å². The zero-order valence-corrected chi connectivity index (χ0v) is 15.5. The van der Waals surface area contributed by atoms with E-state index in [2.05, 4.69) is 72.0 Å². The molecule has 0 saturated heterocycles. The fourth-order valence-corrected chi connectivity index (χ4v) is 2.86. The lowest BCUT2D eigenvalue weighted by Crippen LogP contribution is -2.35. The molecule has 0 aliphatic heterocycles. The van der Waals surface area contributed by atoms with Crippen LogP contribution in [0.2, 0.25) is 0 Å². The van der Waals surface area contributed by atoms with E-state index in [1.165, 1.54) is 11.3 Å². The molecule has 1 aromatic rings. The first-order valence-corrected chi connectivity index (χ1v) is 8.56. The van der Waals surface area contributed by atoms with Crippen molar-refractivity contribution in [3.8, 4) is 0 Å². The van der Waals surface area contributed by atoms with Gasteiger partial charge >= 0.3 is 0 Å². The molecule has 1 aromatic carbocycles. The number of hydrogen-bond acceptors (Lipinski definition) is 3. The number of hydrogen-bond donors (Lipinski definition) is 1. The van der Waals surface area contributed by atoms with E-state index < -0.39 is 0 Å². The molecule has 0 heterocycles. The van der Waals surface area contributed by atoms with Gasteiger partial charge in [0.2, 0.25) is 0 Å². The number of nitrogens with one attached hydrogen (secondary N) is 1. The number of ether oxygens (including phenoxy) is 1. The third kappa shape index (κ3) is 5.97. The molecule has 4 heteroatoms. The standard InChI is InChI=1S/C17H29BrN2O/c1-6-14(4)20(9-10-21-5)17-8-7-15(11-16(17)18)12-19-13(2)3/h7-8,11,13-14,19H,6,9-10,12H2,1-5H3. The zero-order valence-electron chi connectivity index (χ0n) is 13.9. The molecule has 0 spiro atoms. The summed E-state index contributed by atoms with van der Waals surface area (Å²) < 4.78 is 6.40. The molecule has 1 N–H and O–H groups in total. The maximum absolute atomic E-state index is 5.25. The number of rotatable bonds is 9. The third-order valence-electron chi connectivity index (χ3n) is 3.70. The lowest BCUT2D eigenvalue weighted by atomic mass is 10.1. The van der Waals surface area contributed by atoms with Gasteiger partial charge in [0.25, 0.3) is 0 Å². The molecule has 0 amide bonds. The largest absolute Gasteiger partial charge is 0.383 e. The summed E-state index contributed by atoms with van der Waals surface area (Å²) in [7, 11) is 1.75. The first-order chi connectivity index (χ1) is 9.99. The van der Waals surface area contributed by atoms with Crippen molar-refractivity contribution in [2.75, 3.05) is 25.2 Å². The highest BCUT2D eigenvalue weighted by atomic mass is 79.9. The highest BCUT2D eigenvalue weighted by Crippen LogP contribution is 2.29. The van der Waals surface area contributed by atoms with Crippen LogP contribution in [0, 0.1) is 0 Å². The molecule has 0 bridgehead atoms. The van der Waals surface area contributed by atoms with Crippen molar-refractivity contribution in [1.29, 1.82) is 0 Å². The van der Waals surface area contributed by atoms with Crippen molar-refractivity contribution in [3.63, 3.8) is 0 Å². The number of methoxy groups -OCH3 is 1. The Kier molecular flexibility index (Phi) is 8.30. The molecule has 0 fully saturated rings. The molecule has 120 valence electrons. The summed E-state index contributed by atoms with van der Waals surface area (Å²) in [4.78, 5) is 2.41. The Morgan fingerprint density at radius 1 is 1.29 bits per heavy atom. The quantitative estimate of drug-likeness (QED) is 0.717. The fourth-order valence-electron chi connectivity index (χ4n) is 2.20. The van der Waals surface area contributed by atoms with Gasteiger partial charge < -0.3 is 15.0 Å². The number of nitrogens with zero attached hydrogens (tertiary/aromatic N) is 1. The fraction of sp³-hybridized carbons (Fsp3) is 0.647. The van der Waals surface area contributed by atoms with Crippen molar-refractivity contribution in [2.24, 2.45) is 0 Å². The van der Waals surface area contributed by atoms with Gasteiger partial charge in [-0.2, -0.15) is 0 Å². The van der Waals surface area contributed by atoms with Gasteiger partial charge in [0.05, 0.1) is 12.3 Å². The first-order valence-electron chi connectivity index (χ1n) is 7.77. The molecule has 0 aliphatic rings. The van der Waals surface area contributed by atoms with E-state index in [0.717, 1.165) is 30.6 Å². The van der Waals surface area contributed by atoms with E-state index >= 15 is 0 Å². The maximum Gasteiger partial charge on any atom is 0.0637 e. The summed E-state index contributed by atoms with van der Waals surface area (Å²) >= 11 is 3.73. The van der Waals surface area contributed by atoms with Crippen molar-refractivity contribution >= 4 is 21.6 Å². The van der Waals surface area contributed by atoms with Gasteiger partial charge in [0, 0.05) is 36.8 Å². The van der Waals surface area contributed by atoms with Gasteiger partial charge in [-0.1, -0.05) is 26.8 Å². The predicted molar refractivity (Wildman–Crippen MR) is 95.1 cm³/mol. The molecule has 1 rings (SSSR count). The summed E-state index contributed by atoms with van der Waals surface area (Å²) in [6, 6.07) is 7.63. The van der Waals surface area contributed by atoms with E-state index in [0.29, 0.717) is 12.1 Å². The van der Waals surface area contributed by atoms with Crippen molar-refractivity contribution in [2.45, 2.75) is 52.7 Å². The third-order valence-corrected chi connectivity index (χ3v) is 4.33. The number of anilines is 1. The monoisotopic (exact) mass is 356 g/mol. The van der Waals surface area contributed by atoms with Gasteiger partial charge in [0.1, 0.15) is 0 Å². The van der Waals surface area contributed by atoms with Crippen LogP contribution in [0.15, 0.2) is 22.7 Å².